The number of aryl methyl sites for hydroxylation is 1. The Bertz CT molecular complexity index is 780. The summed E-state index contributed by atoms with van der Waals surface area (Å²) in [7, 11) is 0. The number of aliphatic hydroxyl groups is 1. The van der Waals surface area contributed by atoms with Gasteiger partial charge in [0.2, 0.25) is 0 Å². The summed E-state index contributed by atoms with van der Waals surface area (Å²) in [5.41, 5.74) is 3.45. The standard InChI is InChI=1S/C23H33N5O/c1-2-21-23(27-19-7-9-20(29)10-8-19)28-22(15-25-21)26-18-5-3-16(4-6-18)17-11-13-24-14-12-17/h3-6,15,17,19-20,24,29H,2,7-14H2,1H3,(H2,26,27,28). The summed E-state index contributed by atoms with van der Waals surface area (Å²) in [5, 5.41) is 20.1. The Kier molecular flexibility index (Phi) is 6.62. The summed E-state index contributed by atoms with van der Waals surface area (Å²) >= 11 is 0. The van der Waals surface area contributed by atoms with Gasteiger partial charge in [-0.15, -0.1) is 0 Å². The van der Waals surface area contributed by atoms with Gasteiger partial charge in [-0.3, -0.25) is 4.98 Å². The monoisotopic (exact) mass is 395 g/mol. The predicted molar refractivity (Wildman–Crippen MR) is 118 cm³/mol. The normalized spacial score (nSPS) is 23.0. The first-order valence-corrected chi connectivity index (χ1v) is 11.1. The third-order valence-electron chi connectivity index (χ3n) is 6.21. The molecule has 1 saturated carbocycles. The van der Waals surface area contributed by atoms with Gasteiger partial charge < -0.3 is 21.1 Å². The van der Waals surface area contributed by atoms with Crippen molar-refractivity contribution in [1.82, 2.24) is 15.3 Å². The van der Waals surface area contributed by atoms with Crippen LogP contribution < -0.4 is 16.0 Å². The highest BCUT2D eigenvalue weighted by molar-refractivity contribution is 5.58. The van der Waals surface area contributed by atoms with Crippen LogP contribution in [0.4, 0.5) is 17.3 Å². The van der Waals surface area contributed by atoms with Gasteiger partial charge in [0.1, 0.15) is 5.82 Å². The molecule has 0 amide bonds. The Morgan fingerprint density at radius 1 is 1.03 bits per heavy atom. The van der Waals surface area contributed by atoms with Crippen molar-refractivity contribution in [3.05, 3.63) is 41.7 Å². The van der Waals surface area contributed by atoms with Crippen molar-refractivity contribution in [2.24, 2.45) is 0 Å². The lowest BCUT2D eigenvalue weighted by Gasteiger charge is -2.27. The van der Waals surface area contributed by atoms with Crippen LogP contribution in [-0.4, -0.2) is 40.3 Å². The van der Waals surface area contributed by atoms with Crippen LogP contribution in [-0.2, 0) is 6.42 Å². The van der Waals surface area contributed by atoms with Gasteiger partial charge in [0.05, 0.1) is 18.0 Å². The molecule has 1 saturated heterocycles. The quantitative estimate of drug-likeness (QED) is 0.593. The van der Waals surface area contributed by atoms with Crippen molar-refractivity contribution in [3.63, 3.8) is 0 Å². The zero-order valence-corrected chi connectivity index (χ0v) is 17.3. The zero-order chi connectivity index (χ0) is 20.1. The number of hydrogen-bond donors (Lipinski definition) is 4. The van der Waals surface area contributed by atoms with Crippen LogP contribution in [0, 0.1) is 0 Å². The molecule has 0 radical (unpaired) electrons. The fraction of sp³-hybridized carbons (Fsp3) is 0.565. The number of aromatic nitrogens is 2. The summed E-state index contributed by atoms with van der Waals surface area (Å²) in [6.07, 6.45) is 8.59. The van der Waals surface area contributed by atoms with Gasteiger partial charge >= 0.3 is 0 Å². The lowest BCUT2D eigenvalue weighted by molar-refractivity contribution is 0.126. The number of rotatable bonds is 6. The molecule has 2 fully saturated rings. The maximum atomic E-state index is 9.74. The lowest BCUT2D eigenvalue weighted by Crippen LogP contribution is -2.29. The van der Waals surface area contributed by atoms with Gasteiger partial charge in [-0.05, 0) is 81.6 Å². The molecule has 1 aliphatic heterocycles. The summed E-state index contributed by atoms with van der Waals surface area (Å²) in [5.74, 6) is 2.29. The zero-order valence-electron chi connectivity index (χ0n) is 17.3. The van der Waals surface area contributed by atoms with Gasteiger partial charge in [0, 0.05) is 11.7 Å². The number of anilines is 3. The average Bonchev–Trinajstić information content (AvgIpc) is 2.77. The van der Waals surface area contributed by atoms with E-state index in [9.17, 15) is 5.11 Å². The fourth-order valence-electron chi connectivity index (χ4n) is 4.40. The molecule has 4 N–H and O–H groups in total. The van der Waals surface area contributed by atoms with Gasteiger partial charge in [-0.2, -0.15) is 0 Å². The third kappa shape index (κ3) is 5.25. The van der Waals surface area contributed by atoms with Gasteiger partial charge in [0.25, 0.3) is 0 Å². The van der Waals surface area contributed by atoms with Crippen LogP contribution in [0.25, 0.3) is 0 Å². The number of piperidine rings is 1. The first-order valence-electron chi connectivity index (χ1n) is 11.1. The Hall–Kier alpha value is -2.18. The second-order valence-electron chi connectivity index (χ2n) is 8.33. The Labute approximate surface area is 173 Å². The van der Waals surface area contributed by atoms with Crippen molar-refractivity contribution >= 4 is 17.3 Å². The molecular formula is C23H33N5O. The second-order valence-corrected chi connectivity index (χ2v) is 8.33. The van der Waals surface area contributed by atoms with E-state index in [2.05, 4.69) is 52.1 Å². The SMILES string of the molecule is CCc1ncc(Nc2ccc(C3CCNCC3)cc2)nc1NC1CCC(O)CC1. The van der Waals surface area contributed by atoms with Crippen molar-refractivity contribution in [2.75, 3.05) is 23.7 Å². The Morgan fingerprint density at radius 2 is 1.76 bits per heavy atom. The van der Waals surface area contributed by atoms with E-state index in [-0.39, 0.29) is 6.10 Å². The first-order chi connectivity index (χ1) is 14.2. The number of hydrogen-bond acceptors (Lipinski definition) is 6. The van der Waals surface area contributed by atoms with Crippen LogP contribution in [0.1, 0.15) is 62.6 Å². The summed E-state index contributed by atoms with van der Waals surface area (Å²) in [4.78, 5) is 9.43. The number of aliphatic hydroxyl groups excluding tert-OH is 1. The molecule has 2 aromatic rings. The Balaban J connectivity index is 1.43. The molecule has 1 aromatic heterocycles. The molecule has 4 rings (SSSR count). The number of nitrogens with zero attached hydrogens (tertiary/aromatic N) is 2. The number of benzene rings is 1. The highest BCUT2D eigenvalue weighted by Crippen LogP contribution is 2.28. The lowest BCUT2D eigenvalue weighted by atomic mass is 9.90. The molecule has 0 atom stereocenters. The second kappa shape index (κ2) is 9.55. The van der Waals surface area contributed by atoms with Crippen LogP contribution in [0.15, 0.2) is 30.5 Å². The van der Waals surface area contributed by atoms with Crippen LogP contribution in [0.2, 0.25) is 0 Å². The van der Waals surface area contributed by atoms with E-state index in [1.54, 1.807) is 0 Å². The van der Waals surface area contributed by atoms with Gasteiger partial charge in [-0.25, -0.2) is 4.98 Å². The summed E-state index contributed by atoms with van der Waals surface area (Å²) in [6, 6.07) is 9.11. The minimum Gasteiger partial charge on any atom is -0.393 e. The molecule has 1 aliphatic carbocycles. The maximum absolute atomic E-state index is 9.74. The summed E-state index contributed by atoms with van der Waals surface area (Å²) in [6.45, 7) is 4.33. The third-order valence-corrected chi connectivity index (χ3v) is 6.21. The van der Waals surface area contributed by atoms with E-state index in [0.717, 1.165) is 68.2 Å². The van der Waals surface area contributed by atoms with Crippen LogP contribution >= 0.6 is 0 Å². The number of nitrogens with one attached hydrogen (secondary N) is 3. The van der Waals surface area contributed by atoms with E-state index in [1.807, 2.05) is 6.20 Å². The largest absolute Gasteiger partial charge is 0.393 e. The summed E-state index contributed by atoms with van der Waals surface area (Å²) < 4.78 is 0. The van der Waals surface area contributed by atoms with E-state index in [1.165, 1.54) is 18.4 Å². The van der Waals surface area contributed by atoms with E-state index in [4.69, 9.17) is 4.98 Å². The highest BCUT2D eigenvalue weighted by atomic mass is 16.3. The minimum atomic E-state index is -0.148. The first kappa shape index (κ1) is 20.1. The van der Waals surface area contributed by atoms with Gasteiger partial charge in [0.15, 0.2) is 5.82 Å². The average molecular weight is 396 g/mol. The van der Waals surface area contributed by atoms with Crippen LogP contribution in [0.3, 0.4) is 0 Å². The fourth-order valence-corrected chi connectivity index (χ4v) is 4.40. The molecule has 0 unspecified atom stereocenters. The molecule has 6 nitrogen and oxygen atoms in total. The van der Waals surface area contributed by atoms with E-state index in [0.29, 0.717) is 12.0 Å². The maximum Gasteiger partial charge on any atom is 0.151 e. The van der Waals surface area contributed by atoms with E-state index >= 15 is 0 Å². The highest BCUT2D eigenvalue weighted by Gasteiger charge is 2.21. The van der Waals surface area contributed by atoms with Crippen molar-refractivity contribution in [3.8, 4) is 0 Å². The molecule has 29 heavy (non-hydrogen) atoms. The molecule has 0 spiro atoms. The topological polar surface area (TPSA) is 82.1 Å². The van der Waals surface area contributed by atoms with Crippen LogP contribution in [0.5, 0.6) is 0 Å². The molecule has 156 valence electrons. The molecular weight excluding hydrogens is 362 g/mol. The molecule has 1 aromatic carbocycles. The Morgan fingerprint density at radius 3 is 2.45 bits per heavy atom. The predicted octanol–water partition coefficient (Wildman–Crippen LogP) is 3.97. The molecule has 0 bridgehead atoms. The molecule has 6 heteroatoms. The van der Waals surface area contributed by atoms with E-state index < -0.39 is 0 Å². The van der Waals surface area contributed by atoms with Gasteiger partial charge in [-0.1, -0.05) is 19.1 Å². The minimum absolute atomic E-state index is 0.148. The van der Waals surface area contributed by atoms with Crippen molar-refractivity contribution < 1.29 is 5.11 Å². The van der Waals surface area contributed by atoms with Crippen molar-refractivity contribution in [2.45, 2.75) is 69.9 Å². The molecule has 2 aliphatic rings. The van der Waals surface area contributed by atoms with Crippen molar-refractivity contribution in [1.29, 1.82) is 0 Å². The molecule has 2 heterocycles. The smallest absolute Gasteiger partial charge is 0.151 e.